The molecule has 0 spiro atoms. The predicted octanol–water partition coefficient (Wildman–Crippen LogP) is 5.25. The molecule has 1 aliphatic carbocycles. The van der Waals surface area contributed by atoms with Gasteiger partial charge in [0.1, 0.15) is 10.8 Å². The van der Waals surface area contributed by atoms with Crippen molar-refractivity contribution in [3.05, 3.63) is 70.0 Å². The maximum atomic E-state index is 14.2. The lowest BCUT2D eigenvalue weighted by molar-refractivity contribution is -0.136. The monoisotopic (exact) mass is 539 g/mol. The highest BCUT2D eigenvalue weighted by atomic mass is 35.5. The predicted molar refractivity (Wildman–Crippen MR) is 139 cm³/mol. The average Bonchev–Trinajstić information content (AvgIpc) is 3.62. The Balaban J connectivity index is 1.40. The van der Waals surface area contributed by atoms with Crippen LogP contribution in [0, 0.1) is 11.6 Å². The number of nitrogens with zero attached hydrogens (tertiary/aromatic N) is 4. The second-order valence-corrected chi connectivity index (χ2v) is 10.2. The summed E-state index contributed by atoms with van der Waals surface area (Å²) in [5.41, 5.74) is 3.68. The summed E-state index contributed by atoms with van der Waals surface area (Å²) in [6, 6.07) is 5.99. The summed E-state index contributed by atoms with van der Waals surface area (Å²) in [5.74, 6) is -1.95. The van der Waals surface area contributed by atoms with Crippen molar-refractivity contribution in [3.8, 4) is 11.6 Å². The van der Waals surface area contributed by atoms with E-state index in [0.29, 0.717) is 5.56 Å². The Kier molecular flexibility index (Phi) is 6.16. The molecule has 3 heterocycles. The zero-order valence-electron chi connectivity index (χ0n) is 20.5. The fourth-order valence-corrected chi connectivity index (χ4v) is 5.01. The molecule has 8 nitrogen and oxygen atoms in total. The van der Waals surface area contributed by atoms with Crippen LogP contribution in [-0.4, -0.2) is 50.2 Å². The average molecular weight is 540 g/mol. The first kappa shape index (κ1) is 24.6. The number of hydrogen-bond acceptors (Lipinski definition) is 6. The second kappa shape index (κ2) is 9.52. The Bertz CT molecular complexity index is 1590. The van der Waals surface area contributed by atoms with Gasteiger partial charge in [-0.15, -0.1) is 0 Å². The normalized spacial score (nSPS) is 15.5. The fourth-order valence-electron chi connectivity index (χ4n) is 4.83. The number of halogens is 3. The Morgan fingerprint density at radius 2 is 2.03 bits per heavy atom. The van der Waals surface area contributed by atoms with Gasteiger partial charge >= 0.3 is 5.97 Å². The zero-order valence-corrected chi connectivity index (χ0v) is 21.2. The Labute approximate surface area is 221 Å². The molecule has 196 valence electrons. The van der Waals surface area contributed by atoms with Crippen LogP contribution < -0.4 is 10.1 Å². The third-order valence-electron chi connectivity index (χ3n) is 6.78. The van der Waals surface area contributed by atoms with Crippen molar-refractivity contribution in [2.75, 3.05) is 18.9 Å². The van der Waals surface area contributed by atoms with Crippen molar-refractivity contribution in [1.82, 2.24) is 19.4 Å². The van der Waals surface area contributed by atoms with Gasteiger partial charge in [0.15, 0.2) is 17.5 Å². The van der Waals surface area contributed by atoms with Gasteiger partial charge in [-0.2, -0.15) is 4.98 Å². The first-order chi connectivity index (χ1) is 18.2. The number of fused-ring (bicyclic) bond motifs is 2. The van der Waals surface area contributed by atoms with E-state index in [1.54, 1.807) is 0 Å². The van der Waals surface area contributed by atoms with Crippen molar-refractivity contribution in [2.45, 2.75) is 38.3 Å². The lowest BCUT2D eigenvalue weighted by Crippen LogP contribution is -2.27. The van der Waals surface area contributed by atoms with Gasteiger partial charge in [-0.25, -0.2) is 13.8 Å². The molecule has 1 fully saturated rings. The van der Waals surface area contributed by atoms with E-state index in [4.69, 9.17) is 16.3 Å². The maximum Gasteiger partial charge on any atom is 0.307 e. The van der Waals surface area contributed by atoms with E-state index in [2.05, 4.69) is 33.3 Å². The Morgan fingerprint density at radius 3 is 2.79 bits per heavy atom. The number of hydrogen-bond donors (Lipinski definition) is 2. The van der Waals surface area contributed by atoms with E-state index in [0.717, 1.165) is 55.9 Å². The van der Waals surface area contributed by atoms with Crippen LogP contribution >= 0.6 is 11.6 Å². The number of ether oxygens (including phenoxy) is 1. The van der Waals surface area contributed by atoms with Crippen molar-refractivity contribution < 1.29 is 23.4 Å². The Hall–Kier alpha value is -3.76. The van der Waals surface area contributed by atoms with Crippen LogP contribution in [0.3, 0.4) is 0 Å². The van der Waals surface area contributed by atoms with E-state index in [1.807, 2.05) is 6.07 Å². The summed E-state index contributed by atoms with van der Waals surface area (Å²) >= 11 is 6.44. The van der Waals surface area contributed by atoms with Crippen molar-refractivity contribution in [3.63, 3.8) is 0 Å². The molecule has 2 N–H and O–H groups in total. The minimum Gasteiger partial charge on any atom is -0.490 e. The van der Waals surface area contributed by atoms with Crippen LogP contribution in [0.25, 0.3) is 16.7 Å². The quantitative estimate of drug-likeness (QED) is 0.331. The molecule has 0 unspecified atom stereocenters. The molecule has 1 saturated carbocycles. The van der Waals surface area contributed by atoms with Gasteiger partial charge in [0.05, 0.1) is 24.2 Å². The topological polar surface area (TPSA) is 92.5 Å². The van der Waals surface area contributed by atoms with E-state index in [1.165, 1.54) is 28.1 Å². The zero-order chi connectivity index (χ0) is 26.6. The molecule has 1 aliphatic heterocycles. The van der Waals surface area contributed by atoms with Gasteiger partial charge in [-0.1, -0.05) is 11.6 Å². The number of benzene rings is 2. The van der Waals surface area contributed by atoms with E-state index in [-0.39, 0.29) is 40.2 Å². The molecular formula is C27H24ClF2N5O3. The van der Waals surface area contributed by atoms with Gasteiger partial charge in [-0.05, 0) is 49.6 Å². The SMILES string of the molecule is CN1CCc2c(cc(Nc3ncc(Cl)c(-n4cc(CC(=O)O)c5cc(F)c(F)cc54)n3)cc2OC2CC2)C1. The summed E-state index contributed by atoms with van der Waals surface area (Å²) in [4.78, 5) is 22.5. The van der Waals surface area contributed by atoms with E-state index < -0.39 is 17.6 Å². The van der Waals surface area contributed by atoms with Gasteiger partial charge in [0.25, 0.3) is 0 Å². The second-order valence-electron chi connectivity index (χ2n) is 9.79. The summed E-state index contributed by atoms with van der Waals surface area (Å²) < 4.78 is 35.9. The fraction of sp³-hybridized carbons (Fsp3) is 0.296. The number of carbonyl (C=O) groups is 1. The van der Waals surface area contributed by atoms with Crippen molar-refractivity contribution in [1.29, 1.82) is 0 Å². The highest BCUT2D eigenvalue weighted by Gasteiger charge is 2.27. The molecule has 0 radical (unpaired) electrons. The smallest absolute Gasteiger partial charge is 0.307 e. The van der Waals surface area contributed by atoms with Crippen LogP contribution in [0.15, 0.2) is 36.7 Å². The van der Waals surface area contributed by atoms with Gasteiger partial charge < -0.3 is 20.1 Å². The third kappa shape index (κ3) is 4.77. The molecule has 11 heteroatoms. The highest BCUT2D eigenvalue weighted by molar-refractivity contribution is 6.32. The number of carboxylic acid groups (broad SMARTS) is 1. The van der Waals surface area contributed by atoms with Crippen LogP contribution in [0.1, 0.15) is 29.5 Å². The molecular weight excluding hydrogens is 516 g/mol. The molecule has 2 aliphatic rings. The van der Waals surface area contributed by atoms with Crippen LogP contribution in [-0.2, 0) is 24.2 Å². The summed E-state index contributed by atoms with van der Waals surface area (Å²) in [6.45, 7) is 1.76. The molecule has 2 aromatic carbocycles. The molecule has 0 atom stereocenters. The Morgan fingerprint density at radius 1 is 1.24 bits per heavy atom. The first-order valence-electron chi connectivity index (χ1n) is 12.3. The minimum absolute atomic E-state index is 0.156. The lowest BCUT2D eigenvalue weighted by Gasteiger charge is -2.27. The largest absolute Gasteiger partial charge is 0.490 e. The summed E-state index contributed by atoms with van der Waals surface area (Å²) in [6.07, 6.45) is 5.76. The first-order valence-corrected chi connectivity index (χ1v) is 12.6. The molecule has 6 rings (SSSR count). The number of aliphatic carboxylic acids is 1. The maximum absolute atomic E-state index is 14.2. The lowest BCUT2D eigenvalue weighted by atomic mass is 9.98. The number of likely N-dealkylation sites (N-methyl/N-ethyl adjacent to an activating group) is 1. The molecule has 4 aromatic rings. The molecule has 0 bridgehead atoms. The van der Waals surface area contributed by atoms with Crippen molar-refractivity contribution in [2.24, 2.45) is 0 Å². The van der Waals surface area contributed by atoms with Gasteiger partial charge in [-0.3, -0.25) is 9.36 Å². The standard InChI is InChI=1S/C27H24ClF2N5O3/c1-34-5-4-18-14(12-34)6-16(8-24(18)38-17-2-3-17)32-27-31-11-20(28)26(33-27)35-13-15(7-25(36)37)19-9-21(29)22(30)10-23(19)35/h6,8-11,13,17H,2-5,7,12H2,1H3,(H,36,37)(H,31,32,33). The van der Waals surface area contributed by atoms with Crippen LogP contribution in [0.2, 0.25) is 5.02 Å². The summed E-state index contributed by atoms with van der Waals surface area (Å²) in [7, 11) is 2.08. The number of rotatable bonds is 7. The molecule has 0 amide bonds. The number of carboxylic acids is 1. The van der Waals surface area contributed by atoms with E-state index in [9.17, 15) is 18.7 Å². The minimum atomic E-state index is -1.10. The number of aromatic nitrogens is 3. The number of nitrogens with one attached hydrogen (secondary N) is 1. The molecule has 38 heavy (non-hydrogen) atoms. The third-order valence-corrected chi connectivity index (χ3v) is 7.05. The van der Waals surface area contributed by atoms with Crippen LogP contribution in [0.4, 0.5) is 20.4 Å². The van der Waals surface area contributed by atoms with Crippen molar-refractivity contribution >= 4 is 40.1 Å². The van der Waals surface area contributed by atoms with Crippen LogP contribution in [0.5, 0.6) is 5.75 Å². The summed E-state index contributed by atoms with van der Waals surface area (Å²) in [5, 5.41) is 13.0. The molecule has 0 saturated heterocycles. The van der Waals surface area contributed by atoms with Gasteiger partial charge in [0, 0.05) is 48.1 Å². The van der Waals surface area contributed by atoms with Gasteiger partial charge in [0.2, 0.25) is 5.95 Å². The number of anilines is 2. The molecule has 2 aromatic heterocycles. The highest BCUT2D eigenvalue weighted by Crippen LogP contribution is 2.37. The van der Waals surface area contributed by atoms with E-state index >= 15 is 0 Å².